The average Bonchev–Trinajstić information content (AvgIpc) is 2.99. The van der Waals surface area contributed by atoms with Gasteiger partial charge in [-0.05, 0) is 36.8 Å². The van der Waals surface area contributed by atoms with Crippen LogP contribution in [0.1, 0.15) is 22.3 Å². The summed E-state index contributed by atoms with van der Waals surface area (Å²) in [5.41, 5.74) is 2.03. The Bertz CT molecular complexity index is 992. The van der Waals surface area contributed by atoms with Crippen molar-refractivity contribution >= 4 is 16.7 Å². The summed E-state index contributed by atoms with van der Waals surface area (Å²) < 4.78 is 55.1. The molecule has 0 atom stereocenters. The summed E-state index contributed by atoms with van der Waals surface area (Å²) in [6, 6.07) is 8.10. The Labute approximate surface area is 146 Å². The zero-order valence-corrected chi connectivity index (χ0v) is 13.7. The van der Waals surface area contributed by atoms with Gasteiger partial charge in [0.25, 0.3) is 0 Å². The Kier molecular flexibility index (Phi) is 4.45. The normalized spacial score (nSPS) is 11.8. The summed E-state index contributed by atoms with van der Waals surface area (Å²) in [7, 11) is 0. The second-order valence-electron chi connectivity index (χ2n) is 5.94. The quantitative estimate of drug-likeness (QED) is 0.278. The molecule has 2 aromatic carbocycles. The molecular weight excluding hydrogens is 350 g/mol. The molecule has 0 aliphatic carbocycles. The smallest absolute Gasteiger partial charge is 0.343 e. The number of alkyl halides is 3. The molecule has 0 radical (unpaired) electrons. The van der Waals surface area contributed by atoms with Gasteiger partial charge >= 0.3 is 6.18 Å². The molecule has 3 aromatic rings. The molecule has 26 heavy (non-hydrogen) atoms. The molecule has 0 unspecified atom stereocenters. The Morgan fingerprint density at radius 2 is 1.96 bits per heavy atom. The lowest BCUT2D eigenvalue weighted by Crippen LogP contribution is -2.21. The van der Waals surface area contributed by atoms with Crippen LogP contribution < -0.4 is 5.48 Å². The molecule has 3 N–H and O–H groups in total. The second kappa shape index (κ2) is 6.45. The van der Waals surface area contributed by atoms with Gasteiger partial charge in [0.2, 0.25) is 0 Å². The van der Waals surface area contributed by atoms with Gasteiger partial charge in [-0.15, -0.1) is 0 Å². The first kappa shape index (κ1) is 17.9. The van der Waals surface area contributed by atoms with Gasteiger partial charge < -0.3 is 4.57 Å². The highest BCUT2D eigenvalue weighted by atomic mass is 19.4. The van der Waals surface area contributed by atoms with Crippen LogP contribution in [0.4, 0.5) is 17.6 Å². The van der Waals surface area contributed by atoms with Crippen molar-refractivity contribution in [2.75, 3.05) is 0 Å². The summed E-state index contributed by atoms with van der Waals surface area (Å²) in [5, 5.41) is 16.7. The van der Waals surface area contributed by atoms with Gasteiger partial charge in [-0.1, -0.05) is 12.1 Å². The molecule has 3 rings (SSSR count). The SMILES string of the molecule is Cc1cc(C(F)(F)F)cc2ccn(Cc3cccc(C(=N)NO)c3F)c12. The van der Waals surface area contributed by atoms with E-state index in [1.165, 1.54) is 12.1 Å². The Hall–Kier alpha value is -2.87. The number of halogens is 4. The minimum absolute atomic E-state index is 0.0775. The third kappa shape index (κ3) is 3.15. The number of hydrogen-bond donors (Lipinski definition) is 3. The maximum absolute atomic E-state index is 14.6. The number of nitrogens with zero attached hydrogens (tertiary/aromatic N) is 1. The number of amidine groups is 1. The molecule has 0 aliphatic rings. The van der Waals surface area contributed by atoms with Gasteiger partial charge in [0.1, 0.15) is 5.82 Å². The highest BCUT2D eigenvalue weighted by Gasteiger charge is 2.31. The van der Waals surface area contributed by atoms with Gasteiger partial charge in [0, 0.05) is 17.1 Å². The van der Waals surface area contributed by atoms with Crippen LogP contribution in [0.3, 0.4) is 0 Å². The van der Waals surface area contributed by atoms with Crippen LogP contribution in [0.2, 0.25) is 0 Å². The molecule has 1 aromatic heterocycles. The molecule has 0 bridgehead atoms. The highest BCUT2D eigenvalue weighted by Crippen LogP contribution is 2.33. The summed E-state index contributed by atoms with van der Waals surface area (Å²) in [6.07, 6.45) is -2.83. The fourth-order valence-electron chi connectivity index (χ4n) is 3.01. The minimum atomic E-state index is -4.43. The lowest BCUT2D eigenvalue weighted by molar-refractivity contribution is -0.137. The molecule has 0 aliphatic heterocycles. The highest BCUT2D eigenvalue weighted by molar-refractivity contribution is 5.96. The fraction of sp³-hybridized carbons (Fsp3) is 0.167. The van der Waals surface area contributed by atoms with E-state index >= 15 is 0 Å². The first-order valence-corrected chi connectivity index (χ1v) is 7.65. The van der Waals surface area contributed by atoms with Crippen LogP contribution in [0.25, 0.3) is 10.9 Å². The van der Waals surface area contributed by atoms with Crippen LogP contribution in [-0.2, 0) is 12.7 Å². The largest absolute Gasteiger partial charge is 0.416 e. The monoisotopic (exact) mass is 365 g/mol. The van der Waals surface area contributed by atoms with Crippen LogP contribution in [0, 0.1) is 18.2 Å². The maximum Gasteiger partial charge on any atom is 0.416 e. The first-order chi connectivity index (χ1) is 12.2. The van der Waals surface area contributed by atoms with Gasteiger partial charge in [-0.25, -0.2) is 4.39 Å². The predicted octanol–water partition coefficient (Wildman–Crippen LogP) is 4.46. The molecular formula is C18H15F4N3O. The van der Waals surface area contributed by atoms with Crippen LogP contribution in [0.15, 0.2) is 42.6 Å². The van der Waals surface area contributed by atoms with Crippen molar-refractivity contribution in [1.29, 1.82) is 5.41 Å². The maximum atomic E-state index is 14.6. The third-order valence-electron chi connectivity index (χ3n) is 4.18. The molecule has 1 heterocycles. The lowest BCUT2D eigenvalue weighted by Gasteiger charge is -2.13. The number of rotatable bonds is 3. The zero-order chi connectivity index (χ0) is 19.1. The summed E-state index contributed by atoms with van der Waals surface area (Å²) in [6.45, 7) is 1.65. The van der Waals surface area contributed by atoms with Gasteiger partial charge in [-0.3, -0.25) is 16.1 Å². The van der Waals surface area contributed by atoms with E-state index in [0.717, 1.165) is 12.1 Å². The van der Waals surface area contributed by atoms with Crippen molar-refractivity contribution in [1.82, 2.24) is 10.0 Å². The topological polar surface area (TPSA) is 61.0 Å². The molecule has 4 nitrogen and oxygen atoms in total. The first-order valence-electron chi connectivity index (χ1n) is 7.65. The van der Waals surface area contributed by atoms with Crippen LogP contribution in [0.5, 0.6) is 0 Å². The minimum Gasteiger partial charge on any atom is -0.343 e. The van der Waals surface area contributed by atoms with Crippen molar-refractivity contribution in [3.63, 3.8) is 0 Å². The van der Waals surface area contributed by atoms with Crippen LogP contribution >= 0.6 is 0 Å². The van der Waals surface area contributed by atoms with E-state index in [1.807, 2.05) is 0 Å². The summed E-state index contributed by atoms with van der Waals surface area (Å²) in [4.78, 5) is 0. The van der Waals surface area contributed by atoms with Crippen LogP contribution in [-0.4, -0.2) is 15.6 Å². The fourth-order valence-corrected chi connectivity index (χ4v) is 3.01. The molecule has 136 valence electrons. The second-order valence-corrected chi connectivity index (χ2v) is 5.94. The standard InChI is InChI=1S/C18H15F4N3O/c1-10-7-13(18(20,21)22)8-11-5-6-25(16(10)11)9-12-3-2-4-14(15(12)19)17(23)24-26/h2-8,26H,9H2,1H3,(H2,23,24). The third-order valence-corrected chi connectivity index (χ3v) is 4.18. The van der Waals surface area contributed by atoms with Crippen molar-refractivity contribution < 1.29 is 22.8 Å². The van der Waals surface area contributed by atoms with E-state index in [2.05, 4.69) is 0 Å². The average molecular weight is 365 g/mol. The Balaban J connectivity index is 2.05. The molecule has 0 saturated heterocycles. The molecule has 0 fully saturated rings. The van der Waals surface area contributed by atoms with E-state index in [-0.39, 0.29) is 17.7 Å². The van der Waals surface area contributed by atoms with E-state index < -0.39 is 23.4 Å². The van der Waals surface area contributed by atoms with E-state index in [1.54, 1.807) is 35.3 Å². The Morgan fingerprint density at radius 1 is 1.23 bits per heavy atom. The molecule has 8 heteroatoms. The number of nitrogens with one attached hydrogen (secondary N) is 2. The van der Waals surface area contributed by atoms with Crippen molar-refractivity contribution in [2.45, 2.75) is 19.6 Å². The zero-order valence-electron chi connectivity index (χ0n) is 13.7. The summed E-state index contributed by atoms with van der Waals surface area (Å²) >= 11 is 0. The lowest BCUT2D eigenvalue weighted by atomic mass is 10.1. The van der Waals surface area contributed by atoms with E-state index in [9.17, 15) is 17.6 Å². The number of benzene rings is 2. The van der Waals surface area contributed by atoms with Crippen molar-refractivity contribution in [3.8, 4) is 0 Å². The number of hydrogen-bond acceptors (Lipinski definition) is 2. The van der Waals surface area contributed by atoms with E-state index in [0.29, 0.717) is 16.5 Å². The molecule has 0 spiro atoms. The van der Waals surface area contributed by atoms with Gasteiger partial charge in [-0.2, -0.15) is 13.2 Å². The Morgan fingerprint density at radius 3 is 2.62 bits per heavy atom. The van der Waals surface area contributed by atoms with Gasteiger partial charge in [0.15, 0.2) is 5.84 Å². The summed E-state index contributed by atoms with van der Waals surface area (Å²) in [5.74, 6) is -1.15. The number of aromatic nitrogens is 1. The predicted molar refractivity (Wildman–Crippen MR) is 88.9 cm³/mol. The molecule has 0 saturated carbocycles. The van der Waals surface area contributed by atoms with Crippen molar-refractivity contribution in [3.05, 3.63) is 70.7 Å². The molecule has 0 amide bonds. The van der Waals surface area contributed by atoms with Crippen molar-refractivity contribution in [2.24, 2.45) is 0 Å². The van der Waals surface area contributed by atoms with Gasteiger partial charge in [0.05, 0.1) is 23.2 Å². The van der Waals surface area contributed by atoms with E-state index in [4.69, 9.17) is 10.6 Å². The number of hydroxylamine groups is 1. The number of aryl methyl sites for hydroxylation is 1. The number of fused-ring (bicyclic) bond motifs is 1.